The van der Waals surface area contributed by atoms with Gasteiger partial charge in [-0.25, -0.2) is 0 Å². The molecule has 0 saturated heterocycles. The van der Waals surface area contributed by atoms with Gasteiger partial charge in [0.1, 0.15) is 5.75 Å². The molecule has 0 unspecified atom stereocenters. The predicted octanol–water partition coefficient (Wildman–Crippen LogP) is 3.07. The van der Waals surface area contributed by atoms with E-state index in [2.05, 4.69) is 6.92 Å². The fourth-order valence-corrected chi connectivity index (χ4v) is 2.30. The summed E-state index contributed by atoms with van der Waals surface area (Å²) < 4.78 is 5.41. The quantitative estimate of drug-likeness (QED) is 0.779. The van der Waals surface area contributed by atoms with E-state index in [1.807, 2.05) is 17.9 Å². The molecule has 1 aliphatic rings. The molecular formula is C16H24N2O2. The second kappa shape index (κ2) is 6.64. The monoisotopic (exact) mass is 276 g/mol. The summed E-state index contributed by atoms with van der Waals surface area (Å²) in [5.74, 6) is 0.742. The van der Waals surface area contributed by atoms with Gasteiger partial charge in [0.25, 0.3) is 5.91 Å². The second-order valence-corrected chi connectivity index (χ2v) is 5.27. The zero-order valence-corrected chi connectivity index (χ0v) is 12.4. The van der Waals surface area contributed by atoms with E-state index in [1.165, 1.54) is 0 Å². The minimum atomic E-state index is 0.0932. The Hall–Kier alpha value is -1.71. The summed E-state index contributed by atoms with van der Waals surface area (Å²) in [4.78, 5) is 14.6. The predicted molar refractivity (Wildman–Crippen MR) is 81.0 cm³/mol. The van der Waals surface area contributed by atoms with E-state index in [0.717, 1.165) is 32.2 Å². The molecule has 2 rings (SSSR count). The SMILES string of the molecule is CCCCN(C(=O)c1ccc(OCC)c(N)c1)C1CC1. The summed E-state index contributed by atoms with van der Waals surface area (Å²) in [7, 11) is 0. The molecule has 0 atom stereocenters. The van der Waals surface area contributed by atoms with Gasteiger partial charge in [0, 0.05) is 18.2 Å². The number of nitrogens with two attached hydrogens (primary N) is 1. The molecule has 1 aromatic rings. The molecular weight excluding hydrogens is 252 g/mol. The maximum absolute atomic E-state index is 12.6. The Balaban J connectivity index is 2.12. The van der Waals surface area contributed by atoms with Gasteiger partial charge in [-0.15, -0.1) is 0 Å². The first-order valence-corrected chi connectivity index (χ1v) is 7.50. The average Bonchev–Trinajstić information content (AvgIpc) is 3.26. The lowest BCUT2D eigenvalue weighted by Gasteiger charge is -2.22. The Bertz CT molecular complexity index is 470. The number of nitrogens with zero attached hydrogens (tertiary/aromatic N) is 1. The fraction of sp³-hybridized carbons (Fsp3) is 0.562. The molecule has 0 bridgehead atoms. The lowest BCUT2D eigenvalue weighted by atomic mass is 10.1. The Morgan fingerprint density at radius 2 is 2.15 bits per heavy atom. The van der Waals surface area contributed by atoms with Crippen LogP contribution >= 0.6 is 0 Å². The molecule has 20 heavy (non-hydrogen) atoms. The Morgan fingerprint density at radius 1 is 1.40 bits per heavy atom. The highest BCUT2D eigenvalue weighted by Crippen LogP contribution is 2.30. The van der Waals surface area contributed by atoms with Crippen LogP contribution in [0.4, 0.5) is 5.69 Å². The number of rotatable bonds is 7. The van der Waals surface area contributed by atoms with Crippen LogP contribution in [0.2, 0.25) is 0 Å². The largest absolute Gasteiger partial charge is 0.492 e. The maximum atomic E-state index is 12.6. The van der Waals surface area contributed by atoms with Gasteiger partial charge in [-0.3, -0.25) is 4.79 Å². The van der Waals surface area contributed by atoms with Crippen molar-refractivity contribution in [1.29, 1.82) is 0 Å². The number of ether oxygens (including phenoxy) is 1. The van der Waals surface area contributed by atoms with Gasteiger partial charge in [-0.2, -0.15) is 0 Å². The summed E-state index contributed by atoms with van der Waals surface area (Å²) in [6.45, 7) is 5.47. The van der Waals surface area contributed by atoms with Crippen molar-refractivity contribution in [2.24, 2.45) is 0 Å². The van der Waals surface area contributed by atoms with Gasteiger partial charge in [-0.1, -0.05) is 13.3 Å². The summed E-state index contributed by atoms with van der Waals surface area (Å²) in [6.07, 6.45) is 4.40. The van der Waals surface area contributed by atoms with Crippen molar-refractivity contribution in [2.75, 3.05) is 18.9 Å². The third-order valence-electron chi connectivity index (χ3n) is 3.56. The highest BCUT2D eigenvalue weighted by molar-refractivity contribution is 5.95. The van der Waals surface area contributed by atoms with E-state index in [4.69, 9.17) is 10.5 Å². The van der Waals surface area contributed by atoms with Gasteiger partial charge in [-0.05, 0) is 44.4 Å². The van der Waals surface area contributed by atoms with Crippen LogP contribution in [0.3, 0.4) is 0 Å². The van der Waals surface area contributed by atoms with E-state index in [0.29, 0.717) is 29.6 Å². The van der Waals surface area contributed by atoms with Gasteiger partial charge >= 0.3 is 0 Å². The molecule has 1 amide bonds. The lowest BCUT2D eigenvalue weighted by molar-refractivity contribution is 0.0741. The maximum Gasteiger partial charge on any atom is 0.254 e. The molecule has 4 nitrogen and oxygen atoms in total. The second-order valence-electron chi connectivity index (χ2n) is 5.27. The van der Waals surface area contributed by atoms with Crippen LogP contribution in [0, 0.1) is 0 Å². The Kier molecular flexibility index (Phi) is 4.88. The van der Waals surface area contributed by atoms with Crippen molar-refractivity contribution in [3.8, 4) is 5.75 Å². The van der Waals surface area contributed by atoms with Crippen molar-refractivity contribution >= 4 is 11.6 Å². The van der Waals surface area contributed by atoms with Crippen molar-refractivity contribution in [1.82, 2.24) is 4.90 Å². The van der Waals surface area contributed by atoms with Gasteiger partial charge in [0.15, 0.2) is 0 Å². The fourth-order valence-electron chi connectivity index (χ4n) is 2.30. The highest BCUT2D eigenvalue weighted by atomic mass is 16.5. The number of benzene rings is 1. The van der Waals surface area contributed by atoms with Crippen LogP contribution in [0.1, 0.15) is 49.9 Å². The molecule has 110 valence electrons. The first-order chi connectivity index (χ1) is 9.67. The van der Waals surface area contributed by atoms with Crippen LogP contribution in [0.5, 0.6) is 5.75 Å². The number of nitrogen functional groups attached to an aromatic ring is 1. The molecule has 1 saturated carbocycles. The highest BCUT2D eigenvalue weighted by Gasteiger charge is 2.32. The number of carbonyl (C=O) groups excluding carboxylic acids is 1. The molecule has 0 aliphatic heterocycles. The summed E-state index contributed by atoms with van der Waals surface area (Å²) in [6, 6.07) is 5.76. The minimum absolute atomic E-state index is 0.0932. The topological polar surface area (TPSA) is 55.6 Å². The third kappa shape index (κ3) is 3.44. The van der Waals surface area contributed by atoms with Crippen LogP contribution in [0.15, 0.2) is 18.2 Å². The summed E-state index contributed by atoms with van der Waals surface area (Å²) in [5.41, 5.74) is 7.13. The number of hydrogen-bond acceptors (Lipinski definition) is 3. The number of unbranched alkanes of at least 4 members (excludes halogenated alkanes) is 1. The van der Waals surface area contributed by atoms with E-state index < -0.39 is 0 Å². The van der Waals surface area contributed by atoms with E-state index in [9.17, 15) is 4.79 Å². The number of anilines is 1. The van der Waals surface area contributed by atoms with E-state index >= 15 is 0 Å². The number of amides is 1. The van der Waals surface area contributed by atoms with Crippen molar-refractivity contribution in [3.05, 3.63) is 23.8 Å². The van der Waals surface area contributed by atoms with Gasteiger partial charge in [0.05, 0.1) is 12.3 Å². The summed E-state index contributed by atoms with van der Waals surface area (Å²) >= 11 is 0. The molecule has 4 heteroatoms. The van der Waals surface area contributed by atoms with Crippen LogP contribution in [0.25, 0.3) is 0 Å². The summed E-state index contributed by atoms with van der Waals surface area (Å²) in [5, 5.41) is 0. The molecule has 0 spiro atoms. The minimum Gasteiger partial charge on any atom is -0.492 e. The van der Waals surface area contributed by atoms with E-state index in [1.54, 1.807) is 12.1 Å². The van der Waals surface area contributed by atoms with Gasteiger partial charge in [0.2, 0.25) is 0 Å². The normalized spacial score (nSPS) is 14.1. The molecule has 0 radical (unpaired) electrons. The van der Waals surface area contributed by atoms with Crippen molar-refractivity contribution < 1.29 is 9.53 Å². The zero-order chi connectivity index (χ0) is 14.5. The first-order valence-electron chi connectivity index (χ1n) is 7.50. The standard InChI is InChI=1S/C16H24N2O2/c1-3-5-10-18(13-7-8-13)16(19)12-6-9-15(20-4-2)14(17)11-12/h6,9,11,13H,3-5,7-8,10,17H2,1-2H3. The molecule has 0 heterocycles. The zero-order valence-electron chi connectivity index (χ0n) is 12.4. The molecule has 2 N–H and O–H groups in total. The smallest absolute Gasteiger partial charge is 0.254 e. The molecule has 0 aromatic heterocycles. The first kappa shape index (κ1) is 14.7. The average molecular weight is 276 g/mol. The lowest BCUT2D eigenvalue weighted by Crippen LogP contribution is -2.34. The Labute approximate surface area is 120 Å². The molecule has 1 aliphatic carbocycles. The molecule has 1 aromatic carbocycles. The van der Waals surface area contributed by atoms with Crippen LogP contribution < -0.4 is 10.5 Å². The van der Waals surface area contributed by atoms with E-state index in [-0.39, 0.29) is 5.91 Å². The van der Waals surface area contributed by atoms with Crippen molar-refractivity contribution in [2.45, 2.75) is 45.6 Å². The van der Waals surface area contributed by atoms with Crippen LogP contribution in [-0.4, -0.2) is 30.0 Å². The molecule has 1 fully saturated rings. The third-order valence-corrected chi connectivity index (χ3v) is 3.56. The number of hydrogen-bond donors (Lipinski definition) is 1. The Morgan fingerprint density at radius 3 is 2.70 bits per heavy atom. The van der Waals surface area contributed by atoms with Crippen LogP contribution in [-0.2, 0) is 0 Å². The van der Waals surface area contributed by atoms with Crippen molar-refractivity contribution in [3.63, 3.8) is 0 Å². The van der Waals surface area contributed by atoms with Gasteiger partial charge < -0.3 is 15.4 Å². The number of carbonyl (C=O) groups is 1.